The standard InChI is InChI=1S/C10H12N2Se/c1-7-11-10-8(12(2)3)5-4-6-9(10)13-7/h4-6H,1-3H3. The van der Waals surface area contributed by atoms with Gasteiger partial charge in [0.15, 0.2) is 0 Å². The van der Waals surface area contributed by atoms with Crippen molar-refractivity contribution >= 4 is 30.0 Å². The van der Waals surface area contributed by atoms with Crippen LogP contribution < -0.4 is 4.90 Å². The third-order valence-corrected chi connectivity index (χ3v) is 3.95. The Hall–Kier alpha value is -0.791. The first-order valence-corrected chi connectivity index (χ1v) is 5.93. The Morgan fingerprint density at radius 2 is 2.08 bits per heavy atom. The van der Waals surface area contributed by atoms with Gasteiger partial charge in [0.05, 0.1) is 0 Å². The van der Waals surface area contributed by atoms with Gasteiger partial charge in [0, 0.05) is 0 Å². The predicted octanol–water partition coefficient (Wildman–Crippen LogP) is 1.67. The molecule has 2 rings (SSSR count). The normalized spacial score (nSPS) is 10.7. The fraction of sp³-hybridized carbons (Fsp3) is 0.300. The third kappa shape index (κ3) is 1.50. The van der Waals surface area contributed by atoms with Crippen molar-refractivity contribution in [1.29, 1.82) is 0 Å². The Balaban J connectivity index is 2.75. The summed E-state index contributed by atoms with van der Waals surface area (Å²) in [7, 11) is 4.12. The molecule has 0 aliphatic heterocycles. The topological polar surface area (TPSA) is 16.1 Å². The summed E-state index contributed by atoms with van der Waals surface area (Å²) >= 11 is 0.460. The number of aromatic nitrogens is 1. The summed E-state index contributed by atoms with van der Waals surface area (Å²) < 4.78 is 2.69. The molecule has 0 bridgehead atoms. The van der Waals surface area contributed by atoms with E-state index in [1.54, 1.807) is 0 Å². The van der Waals surface area contributed by atoms with Gasteiger partial charge in [0.1, 0.15) is 0 Å². The van der Waals surface area contributed by atoms with E-state index in [1.165, 1.54) is 20.0 Å². The van der Waals surface area contributed by atoms with E-state index in [0.29, 0.717) is 14.5 Å². The second kappa shape index (κ2) is 3.17. The molecule has 1 heterocycles. The fourth-order valence-electron chi connectivity index (χ4n) is 1.41. The number of rotatable bonds is 1. The van der Waals surface area contributed by atoms with Crippen molar-refractivity contribution in [3.05, 3.63) is 22.8 Å². The van der Waals surface area contributed by atoms with E-state index < -0.39 is 0 Å². The van der Waals surface area contributed by atoms with Crippen LogP contribution in [0.1, 0.15) is 4.57 Å². The second-order valence-electron chi connectivity index (χ2n) is 3.25. The molecule has 0 unspecified atom stereocenters. The van der Waals surface area contributed by atoms with E-state index in [9.17, 15) is 0 Å². The van der Waals surface area contributed by atoms with Gasteiger partial charge in [-0.2, -0.15) is 0 Å². The zero-order chi connectivity index (χ0) is 9.42. The first-order chi connectivity index (χ1) is 6.18. The van der Waals surface area contributed by atoms with Crippen LogP contribution in [0, 0.1) is 6.92 Å². The number of aryl methyl sites for hydroxylation is 1. The van der Waals surface area contributed by atoms with Crippen LogP contribution in [0.5, 0.6) is 0 Å². The molecule has 2 nitrogen and oxygen atoms in total. The molecule has 0 atom stereocenters. The first-order valence-electron chi connectivity index (χ1n) is 4.22. The predicted molar refractivity (Wildman–Crippen MR) is 57.7 cm³/mol. The van der Waals surface area contributed by atoms with E-state index in [2.05, 4.69) is 49.1 Å². The van der Waals surface area contributed by atoms with Crippen LogP contribution in [0.3, 0.4) is 0 Å². The Morgan fingerprint density at radius 1 is 1.31 bits per heavy atom. The maximum atomic E-state index is 4.58. The minimum absolute atomic E-state index is 0.460. The van der Waals surface area contributed by atoms with Crippen molar-refractivity contribution in [3.8, 4) is 0 Å². The molecule has 0 amide bonds. The summed E-state index contributed by atoms with van der Waals surface area (Å²) in [5, 5.41) is 0. The number of fused-ring (bicyclic) bond motifs is 1. The van der Waals surface area contributed by atoms with Crippen LogP contribution in [-0.4, -0.2) is 33.6 Å². The van der Waals surface area contributed by atoms with Crippen LogP contribution in [0.2, 0.25) is 0 Å². The summed E-state index contributed by atoms with van der Waals surface area (Å²) in [6.07, 6.45) is 0. The number of nitrogens with zero attached hydrogens (tertiary/aromatic N) is 2. The number of para-hydroxylation sites is 1. The summed E-state index contributed by atoms with van der Waals surface area (Å²) in [5.74, 6) is 0. The molecular weight excluding hydrogens is 227 g/mol. The molecule has 1 aromatic heterocycles. The van der Waals surface area contributed by atoms with Crippen LogP contribution in [0.4, 0.5) is 5.69 Å². The minimum atomic E-state index is 0.460. The summed E-state index contributed by atoms with van der Waals surface area (Å²) in [5.41, 5.74) is 2.42. The Morgan fingerprint density at radius 3 is 2.77 bits per heavy atom. The average molecular weight is 239 g/mol. The average Bonchev–Trinajstić information content (AvgIpc) is 2.43. The number of hydrogen-bond donors (Lipinski definition) is 0. The third-order valence-electron chi connectivity index (χ3n) is 1.99. The number of hydrogen-bond acceptors (Lipinski definition) is 2. The van der Waals surface area contributed by atoms with Gasteiger partial charge in [0.25, 0.3) is 0 Å². The molecular formula is C10H12N2Se. The van der Waals surface area contributed by atoms with E-state index >= 15 is 0 Å². The zero-order valence-corrected chi connectivity index (χ0v) is 9.75. The van der Waals surface area contributed by atoms with Crippen molar-refractivity contribution in [3.63, 3.8) is 0 Å². The van der Waals surface area contributed by atoms with Gasteiger partial charge < -0.3 is 0 Å². The van der Waals surface area contributed by atoms with Crippen LogP contribution in [0.15, 0.2) is 18.2 Å². The molecule has 68 valence electrons. The van der Waals surface area contributed by atoms with E-state index in [1.807, 2.05) is 0 Å². The Labute approximate surface area is 83.9 Å². The van der Waals surface area contributed by atoms with Crippen LogP contribution in [0.25, 0.3) is 9.78 Å². The molecule has 13 heavy (non-hydrogen) atoms. The van der Waals surface area contributed by atoms with Gasteiger partial charge in [-0.25, -0.2) is 0 Å². The van der Waals surface area contributed by atoms with E-state index in [4.69, 9.17) is 0 Å². The molecule has 0 aliphatic rings. The van der Waals surface area contributed by atoms with Crippen molar-refractivity contribution in [2.45, 2.75) is 6.92 Å². The SMILES string of the molecule is Cc1nc2c(N(C)C)cccc2[se]1. The summed E-state index contributed by atoms with van der Waals surface area (Å²) in [6.45, 7) is 2.11. The molecule has 3 heteroatoms. The van der Waals surface area contributed by atoms with Crippen LogP contribution >= 0.6 is 0 Å². The number of anilines is 1. The molecule has 1 aromatic carbocycles. The Kier molecular flexibility index (Phi) is 2.14. The maximum absolute atomic E-state index is 4.58. The second-order valence-corrected chi connectivity index (χ2v) is 5.84. The van der Waals surface area contributed by atoms with Crippen molar-refractivity contribution < 1.29 is 0 Å². The molecule has 0 saturated heterocycles. The number of benzene rings is 1. The molecule has 0 N–H and O–H groups in total. The fourth-order valence-corrected chi connectivity index (χ4v) is 3.19. The molecule has 0 aliphatic carbocycles. The van der Waals surface area contributed by atoms with E-state index in [-0.39, 0.29) is 0 Å². The zero-order valence-electron chi connectivity index (χ0n) is 8.03. The van der Waals surface area contributed by atoms with Crippen molar-refractivity contribution in [2.75, 3.05) is 19.0 Å². The molecule has 0 saturated carbocycles. The van der Waals surface area contributed by atoms with Gasteiger partial charge in [-0.05, 0) is 0 Å². The quantitative estimate of drug-likeness (QED) is 0.704. The molecule has 2 aromatic rings. The molecule has 0 fully saturated rings. The molecule has 0 radical (unpaired) electrons. The molecule has 0 spiro atoms. The van der Waals surface area contributed by atoms with Gasteiger partial charge in [-0.3, -0.25) is 0 Å². The summed E-state index contributed by atoms with van der Waals surface area (Å²) in [4.78, 5) is 6.70. The van der Waals surface area contributed by atoms with Crippen molar-refractivity contribution in [1.82, 2.24) is 4.98 Å². The van der Waals surface area contributed by atoms with Gasteiger partial charge in [-0.1, -0.05) is 0 Å². The van der Waals surface area contributed by atoms with Crippen molar-refractivity contribution in [2.24, 2.45) is 0 Å². The monoisotopic (exact) mass is 240 g/mol. The van der Waals surface area contributed by atoms with Crippen LogP contribution in [-0.2, 0) is 0 Å². The van der Waals surface area contributed by atoms with Gasteiger partial charge >= 0.3 is 83.6 Å². The van der Waals surface area contributed by atoms with E-state index in [0.717, 1.165) is 0 Å². The first kappa shape index (κ1) is 8.79. The van der Waals surface area contributed by atoms with Gasteiger partial charge in [0.2, 0.25) is 0 Å². The summed E-state index contributed by atoms with van der Waals surface area (Å²) in [6, 6.07) is 6.42. The van der Waals surface area contributed by atoms with Gasteiger partial charge in [-0.15, -0.1) is 0 Å². The Bertz CT molecular complexity index is 431.